The summed E-state index contributed by atoms with van der Waals surface area (Å²) in [4.78, 5) is 29.2. The number of pyridine rings is 1. The van der Waals surface area contributed by atoms with Crippen molar-refractivity contribution in [3.8, 4) is 0 Å². The van der Waals surface area contributed by atoms with Crippen LogP contribution in [0.2, 0.25) is 0 Å². The maximum Gasteiger partial charge on any atom is 0.251 e. The van der Waals surface area contributed by atoms with Gasteiger partial charge in [-0.1, -0.05) is 0 Å². The highest BCUT2D eigenvalue weighted by Crippen LogP contribution is 2.26. The molecule has 2 aliphatic heterocycles. The van der Waals surface area contributed by atoms with Gasteiger partial charge in [0.2, 0.25) is 0 Å². The van der Waals surface area contributed by atoms with Crippen LogP contribution >= 0.6 is 0 Å². The second-order valence-electron chi connectivity index (χ2n) is 7.97. The Morgan fingerprint density at radius 3 is 2.65 bits per heavy atom. The molecule has 1 amide bonds. The zero-order chi connectivity index (χ0) is 22.2. The maximum absolute atomic E-state index is 12.9. The number of anilines is 1. The van der Waals surface area contributed by atoms with Gasteiger partial charge in [-0.15, -0.1) is 0 Å². The largest absolute Gasteiger partial charge is 0.373 e. The van der Waals surface area contributed by atoms with Gasteiger partial charge in [-0.05, 0) is 75.4 Å². The van der Waals surface area contributed by atoms with Gasteiger partial charge in [-0.3, -0.25) is 9.78 Å². The number of rotatable bonds is 4. The number of ether oxygens (including phenoxy) is 1. The van der Waals surface area contributed by atoms with E-state index in [1.165, 1.54) is 24.3 Å². The van der Waals surface area contributed by atoms with E-state index in [-0.39, 0.29) is 23.9 Å². The van der Waals surface area contributed by atoms with Crippen molar-refractivity contribution in [1.29, 1.82) is 0 Å². The average molecular weight is 428 g/mol. The number of aldehydes is 1. The molecule has 166 valence electrons. The van der Waals surface area contributed by atoms with Gasteiger partial charge in [0.25, 0.3) is 5.91 Å². The fraction of sp³-hybridized carbons (Fsp3) is 0.458. The van der Waals surface area contributed by atoms with Crippen LogP contribution in [-0.4, -0.2) is 43.5 Å². The molecule has 2 unspecified atom stereocenters. The molecule has 7 heteroatoms. The second kappa shape index (κ2) is 11.0. The number of benzene rings is 1. The van der Waals surface area contributed by atoms with E-state index in [2.05, 4.69) is 23.3 Å². The summed E-state index contributed by atoms with van der Waals surface area (Å²) in [6, 6.07) is 9.34. The van der Waals surface area contributed by atoms with Crippen LogP contribution in [0.3, 0.4) is 0 Å². The van der Waals surface area contributed by atoms with Crippen LogP contribution in [0.5, 0.6) is 0 Å². The van der Waals surface area contributed by atoms with Gasteiger partial charge in [-0.2, -0.15) is 0 Å². The minimum Gasteiger partial charge on any atom is -0.373 e. The Labute approximate surface area is 182 Å². The maximum atomic E-state index is 12.9. The quantitative estimate of drug-likeness (QED) is 0.751. The van der Waals surface area contributed by atoms with Crippen LogP contribution in [0.1, 0.15) is 60.4 Å². The highest BCUT2D eigenvalue weighted by molar-refractivity contribution is 5.94. The number of halogens is 1. The molecule has 1 aromatic carbocycles. The van der Waals surface area contributed by atoms with Crippen molar-refractivity contribution in [2.75, 3.05) is 25.1 Å². The van der Waals surface area contributed by atoms with E-state index < -0.39 is 0 Å². The molecule has 3 heterocycles. The summed E-state index contributed by atoms with van der Waals surface area (Å²) in [5.74, 6) is -0.579. The first-order valence-electron chi connectivity index (χ1n) is 10.8. The minimum atomic E-state index is -0.352. The molecule has 2 aliphatic rings. The van der Waals surface area contributed by atoms with Crippen molar-refractivity contribution in [2.45, 2.75) is 51.2 Å². The first-order valence-corrected chi connectivity index (χ1v) is 10.8. The normalized spacial score (nSPS) is 18.8. The number of amides is 1. The third-order valence-corrected chi connectivity index (χ3v) is 5.55. The van der Waals surface area contributed by atoms with E-state index in [1.54, 1.807) is 0 Å². The van der Waals surface area contributed by atoms with E-state index in [9.17, 15) is 14.0 Å². The number of nitrogens with zero attached hydrogens (tertiary/aromatic N) is 2. The third kappa shape index (κ3) is 6.34. The topological polar surface area (TPSA) is 71.5 Å². The lowest BCUT2D eigenvalue weighted by Crippen LogP contribution is -2.29. The first-order chi connectivity index (χ1) is 15.0. The fourth-order valence-corrected chi connectivity index (χ4v) is 3.72. The Bertz CT molecular complexity index is 882. The van der Waals surface area contributed by atoms with Gasteiger partial charge in [-0.25, -0.2) is 4.39 Å². The molecule has 1 aromatic heterocycles. The molecule has 0 spiro atoms. The fourth-order valence-electron chi connectivity index (χ4n) is 3.72. The van der Waals surface area contributed by atoms with Crippen LogP contribution < -0.4 is 10.2 Å². The van der Waals surface area contributed by atoms with Crippen molar-refractivity contribution in [1.82, 2.24) is 10.3 Å². The molecule has 1 N–H and O–H groups in total. The molecular formula is C24H30FN3O3. The number of aryl methyl sites for hydroxylation is 1. The predicted molar refractivity (Wildman–Crippen MR) is 118 cm³/mol. The zero-order valence-electron chi connectivity index (χ0n) is 18.1. The molecule has 2 aromatic rings. The number of carbonyl (C=O) groups excluding carboxylic acids is 2. The number of fused-ring (bicyclic) bond motifs is 1. The van der Waals surface area contributed by atoms with Gasteiger partial charge in [0.05, 0.1) is 23.1 Å². The molecule has 0 saturated carbocycles. The van der Waals surface area contributed by atoms with E-state index in [0.29, 0.717) is 5.56 Å². The number of hydrogen-bond acceptors (Lipinski definition) is 5. The summed E-state index contributed by atoms with van der Waals surface area (Å²) in [6.45, 7) is 3.72. The molecule has 2 atom stereocenters. The number of carbonyl (C=O) groups is 2. The lowest BCUT2D eigenvalue weighted by molar-refractivity contribution is -0.120. The van der Waals surface area contributed by atoms with Gasteiger partial charge >= 0.3 is 0 Å². The molecule has 1 fully saturated rings. The van der Waals surface area contributed by atoms with E-state index >= 15 is 0 Å². The molecule has 0 bridgehead atoms. The van der Waals surface area contributed by atoms with E-state index in [1.807, 2.05) is 13.0 Å². The zero-order valence-corrected chi connectivity index (χ0v) is 18.1. The van der Waals surface area contributed by atoms with Crippen LogP contribution in [0.4, 0.5) is 10.1 Å². The predicted octanol–water partition coefficient (Wildman–Crippen LogP) is 3.85. The minimum absolute atomic E-state index is 0.0938. The molecular weight excluding hydrogens is 397 g/mol. The van der Waals surface area contributed by atoms with Crippen molar-refractivity contribution in [2.24, 2.45) is 0 Å². The van der Waals surface area contributed by atoms with Crippen molar-refractivity contribution in [3.05, 3.63) is 59.2 Å². The number of nitrogens with one attached hydrogen (secondary N) is 1. The molecule has 31 heavy (non-hydrogen) atoms. The Morgan fingerprint density at radius 2 is 2.00 bits per heavy atom. The highest BCUT2D eigenvalue weighted by atomic mass is 19.1. The SMILES string of the molecule is CC(NC(=O)c1ccc(F)cc1)c1ccc2c(n1)CCCN2C.O=CC1CCCCO1. The first kappa shape index (κ1) is 22.9. The highest BCUT2D eigenvalue weighted by Gasteiger charge is 2.18. The Hall–Kier alpha value is -2.80. The van der Waals surface area contributed by atoms with Crippen molar-refractivity contribution in [3.63, 3.8) is 0 Å². The van der Waals surface area contributed by atoms with Crippen molar-refractivity contribution >= 4 is 17.9 Å². The summed E-state index contributed by atoms with van der Waals surface area (Å²) in [5.41, 5.74) is 3.53. The van der Waals surface area contributed by atoms with Gasteiger partial charge in [0, 0.05) is 25.8 Å². The molecule has 0 aliphatic carbocycles. The monoisotopic (exact) mass is 427 g/mol. The third-order valence-electron chi connectivity index (χ3n) is 5.55. The number of aromatic nitrogens is 1. The number of hydrogen-bond donors (Lipinski definition) is 1. The summed E-state index contributed by atoms with van der Waals surface area (Å²) < 4.78 is 18.0. The van der Waals surface area contributed by atoms with Crippen LogP contribution in [0.15, 0.2) is 36.4 Å². The molecule has 4 rings (SSSR count). The standard InChI is InChI=1S/C18H20FN3O.C6H10O2/c1-12(20-18(23)13-5-7-14(19)8-6-13)15-9-10-17-16(21-15)4-3-11-22(17)2;7-5-6-3-1-2-4-8-6/h5-10,12H,3-4,11H2,1-2H3,(H,20,23);5-6H,1-4H2. The summed E-state index contributed by atoms with van der Waals surface area (Å²) >= 11 is 0. The Balaban J connectivity index is 0.000000287. The Kier molecular flexibility index (Phi) is 8.12. The van der Waals surface area contributed by atoms with E-state index in [0.717, 1.165) is 68.6 Å². The van der Waals surface area contributed by atoms with Crippen LogP contribution in [-0.2, 0) is 16.0 Å². The lowest BCUT2D eigenvalue weighted by Gasteiger charge is -2.27. The summed E-state index contributed by atoms with van der Waals surface area (Å²) in [5, 5.41) is 2.91. The molecule has 1 saturated heterocycles. The van der Waals surface area contributed by atoms with Gasteiger partial charge < -0.3 is 19.7 Å². The molecule has 6 nitrogen and oxygen atoms in total. The Morgan fingerprint density at radius 1 is 1.23 bits per heavy atom. The van der Waals surface area contributed by atoms with E-state index in [4.69, 9.17) is 9.72 Å². The smallest absolute Gasteiger partial charge is 0.251 e. The van der Waals surface area contributed by atoms with Crippen molar-refractivity contribution < 1.29 is 18.7 Å². The summed E-state index contributed by atoms with van der Waals surface area (Å²) in [7, 11) is 2.07. The van der Waals surface area contributed by atoms with Gasteiger partial charge in [0.15, 0.2) is 0 Å². The van der Waals surface area contributed by atoms with Gasteiger partial charge in [0.1, 0.15) is 18.2 Å². The van der Waals surface area contributed by atoms with Crippen LogP contribution in [0, 0.1) is 5.82 Å². The molecule has 0 radical (unpaired) electrons. The lowest BCUT2D eigenvalue weighted by atomic mass is 10.1. The second-order valence-corrected chi connectivity index (χ2v) is 7.97. The average Bonchev–Trinajstić information content (AvgIpc) is 2.80. The summed E-state index contributed by atoms with van der Waals surface area (Å²) in [6.07, 6.45) is 6.03. The van der Waals surface area contributed by atoms with Crippen LogP contribution in [0.25, 0.3) is 0 Å².